The van der Waals surface area contributed by atoms with Crippen molar-refractivity contribution in [3.8, 4) is 0 Å². The lowest BCUT2D eigenvalue weighted by Crippen LogP contribution is -2.17. The van der Waals surface area contributed by atoms with Gasteiger partial charge in [-0.3, -0.25) is 0 Å². The molecule has 1 heteroatoms. The highest BCUT2D eigenvalue weighted by molar-refractivity contribution is 5.52. The Labute approximate surface area is 85.6 Å². The predicted octanol–water partition coefficient (Wildman–Crippen LogP) is 2.96. The Bertz CT molecular complexity index is 279. The zero-order valence-electron chi connectivity index (χ0n) is 8.61. The van der Waals surface area contributed by atoms with Crippen molar-refractivity contribution in [3.63, 3.8) is 0 Å². The summed E-state index contributed by atoms with van der Waals surface area (Å²) in [5, 5.41) is 0. The zero-order chi connectivity index (χ0) is 9.54. The molecule has 0 heterocycles. The molecule has 76 valence electrons. The summed E-state index contributed by atoms with van der Waals surface area (Å²) >= 11 is 0. The van der Waals surface area contributed by atoms with Crippen LogP contribution >= 0.6 is 0 Å². The van der Waals surface area contributed by atoms with Gasteiger partial charge in [0.1, 0.15) is 6.29 Å². The number of carbonyl (C=O) groups is 1. The highest BCUT2D eigenvalue weighted by Crippen LogP contribution is 2.60. The maximum absolute atomic E-state index is 10.4. The molecular formula is C13H18O. The van der Waals surface area contributed by atoms with Gasteiger partial charge in [0.25, 0.3) is 0 Å². The van der Waals surface area contributed by atoms with Gasteiger partial charge >= 0.3 is 0 Å². The standard InChI is InChI=1S/C13H18O/c14-7-1-2-9-5-6-12-10-3-4-11(8-10)13(9)12/h2,7,10-13H,1,3-6,8H2/b9-2+/t10-,11-,12-,13-/m1/s1. The second-order valence-corrected chi connectivity index (χ2v) is 5.24. The van der Waals surface area contributed by atoms with Gasteiger partial charge in [0.2, 0.25) is 0 Å². The van der Waals surface area contributed by atoms with Gasteiger partial charge in [-0.1, -0.05) is 11.6 Å². The van der Waals surface area contributed by atoms with Crippen LogP contribution in [0.1, 0.15) is 38.5 Å². The smallest absolute Gasteiger partial charge is 0.123 e. The van der Waals surface area contributed by atoms with E-state index >= 15 is 0 Å². The van der Waals surface area contributed by atoms with Crippen LogP contribution in [-0.2, 0) is 4.79 Å². The Morgan fingerprint density at radius 1 is 1.21 bits per heavy atom. The first-order valence-electron chi connectivity index (χ1n) is 6.02. The van der Waals surface area contributed by atoms with Crippen LogP contribution in [0.4, 0.5) is 0 Å². The molecule has 0 saturated heterocycles. The lowest BCUT2D eigenvalue weighted by atomic mass is 9.80. The van der Waals surface area contributed by atoms with Crippen LogP contribution < -0.4 is 0 Å². The molecule has 0 radical (unpaired) electrons. The molecule has 3 aliphatic rings. The minimum atomic E-state index is 0.649. The van der Waals surface area contributed by atoms with Crippen LogP contribution in [0.15, 0.2) is 11.6 Å². The van der Waals surface area contributed by atoms with Crippen LogP contribution in [0.25, 0.3) is 0 Å². The van der Waals surface area contributed by atoms with E-state index in [2.05, 4.69) is 6.08 Å². The number of aldehydes is 1. The lowest BCUT2D eigenvalue weighted by molar-refractivity contribution is -0.107. The SMILES string of the molecule is O=CC/C=C1\CC[C@@H]2[C@@H]3CC[C@H](C3)[C@@H]12. The summed E-state index contributed by atoms with van der Waals surface area (Å²) in [5.74, 6) is 3.94. The van der Waals surface area contributed by atoms with Gasteiger partial charge in [0.15, 0.2) is 0 Å². The maximum Gasteiger partial charge on any atom is 0.123 e. The van der Waals surface area contributed by atoms with Crippen LogP contribution in [0.5, 0.6) is 0 Å². The van der Waals surface area contributed by atoms with Gasteiger partial charge in [-0.25, -0.2) is 0 Å². The fraction of sp³-hybridized carbons (Fsp3) is 0.769. The Hall–Kier alpha value is -0.590. The first-order chi connectivity index (χ1) is 6.90. The van der Waals surface area contributed by atoms with Crippen molar-refractivity contribution in [1.82, 2.24) is 0 Å². The summed E-state index contributed by atoms with van der Waals surface area (Å²) in [5.41, 5.74) is 1.63. The topological polar surface area (TPSA) is 17.1 Å². The maximum atomic E-state index is 10.4. The second kappa shape index (κ2) is 3.22. The summed E-state index contributed by atoms with van der Waals surface area (Å²) in [7, 11) is 0. The average molecular weight is 190 g/mol. The predicted molar refractivity (Wildman–Crippen MR) is 55.8 cm³/mol. The van der Waals surface area contributed by atoms with E-state index in [1.807, 2.05) is 0 Å². The van der Waals surface area contributed by atoms with E-state index in [4.69, 9.17) is 0 Å². The van der Waals surface area contributed by atoms with Crippen LogP contribution in [0, 0.1) is 23.7 Å². The summed E-state index contributed by atoms with van der Waals surface area (Å²) in [6.45, 7) is 0. The third-order valence-corrected chi connectivity index (χ3v) is 4.76. The van der Waals surface area contributed by atoms with Gasteiger partial charge in [-0.05, 0) is 55.8 Å². The number of rotatable bonds is 2. The summed E-state index contributed by atoms with van der Waals surface area (Å²) in [6.07, 6.45) is 11.1. The molecule has 0 N–H and O–H groups in total. The number of hydrogen-bond donors (Lipinski definition) is 0. The van der Waals surface area contributed by atoms with Crippen molar-refractivity contribution >= 4 is 6.29 Å². The van der Waals surface area contributed by atoms with Gasteiger partial charge in [0, 0.05) is 6.42 Å². The van der Waals surface area contributed by atoms with Crippen molar-refractivity contribution in [3.05, 3.63) is 11.6 Å². The molecule has 0 spiro atoms. The van der Waals surface area contributed by atoms with E-state index in [9.17, 15) is 4.79 Å². The molecule has 3 fully saturated rings. The summed E-state index contributed by atoms with van der Waals surface area (Å²) in [4.78, 5) is 10.4. The molecule has 3 saturated carbocycles. The van der Waals surface area contributed by atoms with Crippen LogP contribution in [0.2, 0.25) is 0 Å². The molecule has 0 unspecified atom stereocenters. The minimum absolute atomic E-state index is 0.649. The largest absolute Gasteiger partial charge is 0.303 e. The first-order valence-corrected chi connectivity index (χ1v) is 6.02. The van der Waals surface area contributed by atoms with Crippen LogP contribution in [-0.4, -0.2) is 6.29 Å². The van der Waals surface area contributed by atoms with Crippen molar-refractivity contribution in [1.29, 1.82) is 0 Å². The molecule has 4 atom stereocenters. The van der Waals surface area contributed by atoms with E-state index in [1.54, 1.807) is 5.57 Å². The number of carbonyl (C=O) groups excluding carboxylic acids is 1. The van der Waals surface area contributed by atoms with Gasteiger partial charge < -0.3 is 4.79 Å². The highest BCUT2D eigenvalue weighted by atomic mass is 16.1. The molecule has 0 aromatic carbocycles. The molecule has 3 aliphatic carbocycles. The van der Waals surface area contributed by atoms with Gasteiger partial charge in [-0.15, -0.1) is 0 Å². The first kappa shape index (κ1) is 8.70. The van der Waals surface area contributed by atoms with Crippen molar-refractivity contribution in [2.24, 2.45) is 23.7 Å². The van der Waals surface area contributed by atoms with Gasteiger partial charge in [-0.2, -0.15) is 0 Å². The van der Waals surface area contributed by atoms with E-state index in [-0.39, 0.29) is 0 Å². The lowest BCUT2D eigenvalue weighted by Gasteiger charge is -2.25. The molecule has 3 rings (SSSR count). The van der Waals surface area contributed by atoms with Crippen LogP contribution in [0.3, 0.4) is 0 Å². The molecule has 0 aliphatic heterocycles. The summed E-state index contributed by atoms with van der Waals surface area (Å²) in [6, 6.07) is 0. The third-order valence-electron chi connectivity index (χ3n) is 4.76. The molecule has 1 nitrogen and oxygen atoms in total. The third kappa shape index (κ3) is 1.11. The average Bonchev–Trinajstić information content (AvgIpc) is 2.87. The fourth-order valence-electron chi connectivity index (χ4n) is 4.34. The Morgan fingerprint density at radius 2 is 2.07 bits per heavy atom. The Kier molecular flexibility index (Phi) is 2.00. The minimum Gasteiger partial charge on any atom is -0.303 e. The number of hydrogen-bond acceptors (Lipinski definition) is 1. The fourth-order valence-corrected chi connectivity index (χ4v) is 4.34. The van der Waals surface area contributed by atoms with E-state index in [0.717, 1.165) is 30.0 Å². The molecule has 2 bridgehead atoms. The normalized spacial score (nSPS) is 47.3. The number of fused-ring (bicyclic) bond motifs is 5. The van der Waals surface area contributed by atoms with Crippen molar-refractivity contribution in [2.75, 3.05) is 0 Å². The van der Waals surface area contributed by atoms with E-state index in [1.165, 1.54) is 32.1 Å². The molecular weight excluding hydrogens is 172 g/mol. The monoisotopic (exact) mass is 190 g/mol. The Balaban J connectivity index is 1.82. The highest BCUT2D eigenvalue weighted by Gasteiger charge is 2.50. The Morgan fingerprint density at radius 3 is 2.93 bits per heavy atom. The van der Waals surface area contributed by atoms with Gasteiger partial charge in [0.05, 0.1) is 0 Å². The van der Waals surface area contributed by atoms with Crippen molar-refractivity contribution in [2.45, 2.75) is 38.5 Å². The van der Waals surface area contributed by atoms with E-state index < -0.39 is 0 Å². The number of allylic oxidation sites excluding steroid dienone is 2. The quantitative estimate of drug-likeness (QED) is 0.483. The van der Waals surface area contributed by atoms with Crippen molar-refractivity contribution < 1.29 is 4.79 Å². The van der Waals surface area contributed by atoms with E-state index in [0.29, 0.717) is 6.42 Å². The zero-order valence-corrected chi connectivity index (χ0v) is 8.61. The molecule has 14 heavy (non-hydrogen) atoms. The summed E-state index contributed by atoms with van der Waals surface area (Å²) < 4.78 is 0. The molecule has 0 aromatic heterocycles. The molecule has 0 amide bonds. The molecule has 0 aromatic rings. The second-order valence-electron chi connectivity index (χ2n) is 5.24.